The van der Waals surface area contributed by atoms with E-state index in [2.05, 4.69) is 4.98 Å². The number of thiazole rings is 1. The van der Waals surface area contributed by atoms with Crippen LogP contribution < -0.4 is 5.73 Å². The van der Waals surface area contributed by atoms with Crippen molar-refractivity contribution in [3.05, 3.63) is 10.7 Å². The molecule has 7 nitrogen and oxygen atoms in total. The zero-order valence-electron chi connectivity index (χ0n) is 10.7. The van der Waals surface area contributed by atoms with Crippen LogP contribution in [0.1, 0.15) is 6.42 Å². The van der Waals surface area contributed by atoms with Crippen LogP contribution in [0.25, 0.3) is 0 Å². The number of nitrogens with zero attached hydrogens (tertiary/aromatic N) is 3. The number of hydrogen-bond donors (Lipinski definition) is 1. The molecule has 0 bridgehead atoms. The second-order valence-corrected chi connectivity index (χ2v) is 8.21. The third-order valence-electron chi connectivity index (χ3n) is 2.98. The zero-order valence-corrected chi connectivity index (χ0v) is 13.0. The lowest BCUT2D eigenvalue weighted by molar-refractivity contribution is -0.119. The fourth-order valence-corrected chi connectivity index (χ4v) is 4.97. The molecule has 1 aromatic heterocycles. The van der Waals surface area contributed by atoms with Crippen LogP contribution in [0.5, 0.6) is 0 Å². The molecular formula is C10H15ClN4O3S2. The van der Waals surface area contributed by atoms with Crippen molar-refractivity contribution < 1.29 is 13.2 Å². The summed E-state index contributed by atoms with van der Waals surface area (Å²) in [5.41, 5.74) is 5.15. The monoisotopic (exact) mass is 338 g/mol. The van der Waals surface area contributed by atoms with E-state index >= 15 is 0 Å². The molecule has 2 N–H and O–H groups in total. The van der Waals surface area contributed by atoms with Crippen molar-refractivity contribution >= 4 is 38.9 Å². The van der Waals surface area contributed by atoms with E-state index in [-0.39, 0.29) is 15.2 Å². The van der Waals surface area contributed by atoms with Crippen LogP contribution in [0.2, 0.25) is 4.47 Å². The maximum atomic E-state index is 12.4. The average molecular weight is 339 g/mol. The minimum atomic E-state index is -3.55. The Hall–Kier alpha value is -0.740. The normalized spacial score (nSPS) is 18.9. The van der Waals surface area contributed by atoms with Gasteiger partial charge in [0, 0.05) is 19.6 Å². The highest BCUT2D eigenvalue weighted by molar-refractivity contribution is 7.91. The first-order valence-corrected chi connectivity index (χ1v) is 8.65. The van der Waals surface area contributed by atoms with Gasteiger partial charge < -0.3 is 5.73 Å². The predicted molar refractivity (Wildman–Crippen MR) is 76.1 cm³/mol. The second-order valence-electron chi connectivity index (χ2n) is 4.43. The lowest BCUT2D eigenvalue weighted by atomic mass is 10.4. The van der Waals surface area contributed by atoms with E-state index in [0.29, 0.717) is 32.6 Å². The molecule has 0 aliphatic carbocycles. The van der Waals surface area contributed by atoms with E-state index in [9.17, 15) is 13.2 Å². The number of amides is 1. The molecule has 0 spiro atoms. The molecule has 10 heteroatoms. The van der Waals surface area contributed by atoms with Gasteiger partial charge in [0.2, 0.25) is 5.91 Å². The minimum Gasteiger partial charge on any atom is -0.369 e. The summed E-state index contributed by atoms with van der Waals surface area (Å²) in [4.78, 5) is 16.5. The van der Waals surface area contributed by atoms with Crippen molar-refractivity contribution in [2.45, 2.75) is 10.6 Å². The number of carbonyl (C=O) groups is 1. The van der Waals surface area contributed by atoms with Crippen molar-refractivity contribution in [1.29, 1.82) is 0 Å². The Labute approximate surface area is 126 Å². The Morgan fingerprint density at radius 2 is 2.15 bits per heavy atom. The number of nitrogens with two attached hydrogens (primary N) is 1. The summed E-state index contributed by atoms with van der Waals surface area (Å²) < 4.78 is 26.6. The molecular weight excluding hydrogens is 324 g/mol. The molecule has 2 rings (SSSR count). The molecule has 0 atom stereocenters. The minimum absolute atomic E-state index is 0.144. The molecule has 20 heavy (non-hydrogen) atoms. The van der Waals surface area contributed by atoms with E-state index < -0.39 is 15.9 Å². The molecule has 0 saturated carbocycles. The highest BCUT2D eigenvalue weighted by atomic mass is 35.5. The highest BCUT2D eigenvalue weighted by Gasteiger charge is 2.28. The molecule has 1 fully saturated rings. The molecule has 2 heterocycles. The Bertz CT molecular complexity index is 589. The maximum absolute atomic E-state index is 12.4. The van der Waals surface area contributed by atoms with Crippen molar-refractivity contribution in [2.24, 2.45) is 5.73 Å². The van der Waals surface area contributed by atoms with Gasteiger partial charge >= 0.3 is 0 Å². The topological polar surface area (TPSA) is 96.6 Å². The molecule has 1 aliphatic rings. The van der Waals surface area contributed by atoms with Gasteiger partial charge in [-0.3, -0.25) is 9.69 Å². The number of carbonyl (C=O) groups excluding carboxylic acids is 1. The number of aromatic nitrogens is 1. The van der Waals surface area contributed by atoms with Gasteiger partial charge in [-0.15, -0.1) is 0 Å². The molecule has 1 aliphatic heterocycles. The first-order chi connectivity index (χ1) is 9.39. The van der Waals surface area contributed by atoms with Gasteiger partial charge in [-0.25, -0.2) is 13.4 Å². The summed E-state index contributed by atoms with van der Waals surface area (Å²) in [6.45, 7) is 2.02. The first kappa shape index (κ1) is 15.6. The Kier molecular flexibility index (Phi) is 4.97. The number of halogens is 1. The van der Waals surface area contributed by atoms with Crippen LogP contribution in [0.15, 0.2) is 10.4 Å². The van der Waals surface area contributed by atoms with Gasteiger partial charge in [-0.1, -0.05) is 22.9 Å². The summed E-state index contributed by atoms with van der Waals surface area (Å²) >= 11 is 6.63. The lowest BCUT2D eigenvalue weighted by Crippen LogP contribution is -2.38. The van der Waals surface area contributed by atoms with Crippen LogP contribution in [0, 0.1) is 0 Å². The smallest absolute Gasteiger partial charge is 0.254 e. The van der Waals surface area contributed by atoms with Gasteiger partial charge in [-0.2, -0.15) is 4.31 Å². The Balaban J connectivity index is 2.08. The van der Waals surface area contributed by atoms with Crippen LogP contribution in [-0.2, 0) is 14.8 Å². The molecule has 1 aromatic rings. The van der Waals surface area contributed by atoms with Gasteiger partial charge in [0.15, 0.2) is 8.68 Å². The number of hydrogen-bond acceptors (Lipinski definition) is 6. The molecule has 0 radical (unpaired) electrons. The summed E-state index contributed by atoms with van der Waals surface area (Å²) in [6.07, 6.45) is 1.92. The third kappa shape index (κ3) is 3.67. The van der Waals surface area contributed by atoms with Crippen LogP contribution >= 0.6 is 22.9 Å². The number of rotatable bonds is 4. The highest BCUT2D eigenvalue weighted by Crippen LogP contribution is 2.26. The lowest BCUT2D eigenvalue weighted by Gasteiger charge is -2.19. The largest absolute Gasteiger partial charge is 0.369 e. The van der Waals surface area contributed by atoms with E-state index in [1.54, 1.807) is 0 Å². The predicted octanol–water partition coefficient (Wildman–Crippen LogP) is -0.0218. The van der Waals surface area contributed by atoms with Gasteiger partial charge in [0.25, 0.3) is 10.0 Å². The fourth-order valence-electron chi connectivity index (χ4n) is 2.05. The molecule has 1 saturated heterocycles. The Morgan fingerprint density at radius 1 is 1.40 bits per heavy atom. The summed E-state index contributed by atoms with van der Waals surface area (Å²) in [5, 5.41) is 0. The Morgan fingerprint density at radius 3 is 2.75 bits per heavy atom. The van der Waals surface area contributed by atoms with Gasteiger partial charge in [0.1, 0.15) is 0 Å². The van der Waals surface area contributed by atoms with Crippen molar-refractivity contribution in [2.75, 3.05) is 32.7 Å². The number of primary amides is 1. The third-order valence-corrected chi connectivity index (χ3v) is 6.43. The molecule has 1 amide bonds. The summed E-state index contributed by atoms with van der Waals surface area (Å²) in [5.74, 6) is -0.407. The van der Waals surface area contributed by atoms with Crippen molar-refractivity contribution in [3.63, 3.8) is 0 Å². The summed E-state index contributed by atoms with van der Waals surface area (Å²) in [7, 11) is -3.55. The van der Waals surface area contributed by atoms with Crippen molar-refractivity contribution in [3.8, 4) is 0 Å². The molecule has 112 valence electrons. The average Bonchev–Trinajstić information content (AvgIpc) is 2.66. The fraction of sp³-hybridized carbons (Fsp3) is 0.600. The van der Waals surface area contributed by atoms with E-state index in [0.717, 1.165) is 11.3 Å². The SMILES string of the molecule is NC(=O)CN1CCCN(S(=O)(=O)c2cnc(Cl)s2)CC1. The van der Waals surface area contributed by atoms with Crippen LogP contribution in [0.3, 0.4) is 0 Å². The maximum Gasteiger partial charge on any atom is 0.254 e. The van der Waals surface area contributed by atoms with Crippen LogP contribution in [-0.4, -0.2) is 61.2 Å². The van der Waals surface area contributed by atoms with Crippen molar-refractivity contribution in [1.82, 2.24) is 14.2 Å². The second kappa shape index (κ2) is 6.35. The first-order valence-electron chi connectivity index (χ1n) is 6.02. The van der Waals surface area contributed by atoms with Gasteiger partial charge in [-0.05, 0) is 13.0 Å². The van der Waals surface area contributed by atoms with Gasteiger partial charge in [0.05, 0.1) is 12.7 Å². The van der Waals surface area contributed by atoms with Crippen LogP contribution in [0.4, 0.5) is 0 Å². The number of sulfonamides is 1. The molecule has 0 aromatic carbocycles. The zero-order chi connectivity index (χ0) is 14.8. The van der Waals surface area contributed by atoms with E-state index in [4.69, 9.17) is 17.3 Å². The van der Waals surface area contributed by atoms with E-state index in [1.807, 2.05) is 4.90 Å². The summed E-state index contributed by atoms with van der Waals surface area (Å²) in [6, 6.07) is 0. The quantitative estimate of drug-likeness (QED) is 0.832. The van der Waals surface area contributed by atoms with E-state index in [1.165, 1.54) is 10.5 Å². The molecule has 0 unspecified atom stereocenters. The standard InChI is InChI=1S/C10H15ClN4O3S2/c11-10-13-6-9(19-10)20(17,18)15-3-1-2-14(4-5-15)7-8(12)16/h6H,1-5,7H2,(H2,12,16).